The van der Waals surface area contributed by atoms with E-state index in [1.807, 2.05) is 12.1 Å². The molecule has 132 valence electrons. The van der Waals surface area contributed by atoms with Crippen molar-refractivity contribution in [1.82, 2.24) is 20.5 Å². The number of pyridine rings is 1. The minimum absolute atomic E-state index is 0.0466. The molecule has 2 N–H and O–H groups in total. The summed E-state index contributed by atoms with van der Waals surface area (Å²) < 4.78 is 0. The molecule has 0 radical (unpaired) electrons. The smallest absolute Gasteiger partial charge is 0.237 e. The Labute approximate surface area is 144 Å². The van der Waals surface area contributed by atoms with Crippen LogP contribution in [0.1, 0.15) is 45.1 Å². The molecule has 0 saturated carbocycles. The molecule has 2 amide bonds. The first-order valence-electron chi connectivity index (χ1n) is 8.77. The topological polar surface area (TPSA) is 74.3 Å². The lowest BCUT2D eigenvalue weighted by atomic mass is 9.99. The lowest BCUT2D eigenvalue weighted by Crippen LogP contribution is -2.52. The second-order valence-corrected chi connectivity index (χ2v) is 6.52. The van der Waals surface area contributed by atoms with Gasteiger partial charge in [0.1, 0.15) is 0 Å². The molecule has 6 heteroatoms. The lowest BCUT2D eigenvalue weighted by Gasteiger charge is -2.37. The average Bonchev–Trinajstić information content (AvgIpc) is 2.60. The van der Waals surface area contributed by atoms with Crippen molar-refractivity contribution in [3.05, 3.63) is 30.1 Å². The number of carbonyl (C=O) groups is 2. The quantitative estimate of drug-likeness (QED) is 0.793. The maximum absolute atomic E-state index is 12.4. The van der Waals surface area contributed by atoms with Crippen LogP contribution in [0.25, 0.3) is 0 Å². The van der Waals surface area contributed by atoms with Gasteiger partial charge in [0.2, 0.25) is 11.8 Å². The van der Waals surface area contributed by atoms with E-state index in [9.17, 15) is 9.59 Å². The molecular weight excluding hydrogens is 304 g/mol. The number of carbonyl (C=O) groups excluding carboxylic acids is 2. The normalized spacial score (nSPS) is 18.4. The molecule has 1 aliphatic heterocycles. The molecule has 0 aliphatic carbocycles. The predicted octanol–water partition coefficient (Wildman–Crippen LogP) is 1.47. The first-order chi connectivity index (χ1) is 11.6. The largest absolute Gasteiger partial charge is 0.354 e. The van der Waals surface area contributed by atoms with Gasteiger partial charge in [-0.05, 0) is 50.9 Å². The van der Waals surface area contributed by atoms with Crippen LogP contribution in [-0.2, 0) is 16.1 Å². The van der Waals surface area contributed by atoms with Crippen LogP contribution in [-0.4, -0.2) is 46.9 Å². The molecule has 0 unspecified atom stereocenters. The summed E-state index contributed by atoms with van der Waals surface area (Å²) in [6.07, 6.45) is 6.84. The lowest BCUT2D eigenvalue weighted by molar-refractivity contribution is -0.128. The summed E-state index contributed by atoms with van der Waals surface area (Å²) in [5.74, 6) is -0.0122. The maximum Gasteiger partial charge on any atom is 0.237 e. The van der Waals surface area contributed by atoms with Crippen molar-refractivity contribution >= 4 is 11.8 Å². The number of hydrogen-bond donors (Lipinski definition) is 2. The first-order valence-corrected chi connectivity index (χ1v) is 8.77. The maximum atomic E-state index is 12.4. The fourth-order valence-electron chi connectivity index (χ4n) is 3.06. The number of hydrogen-bond acceptors (Lipinski definition) is 4. The third-order valence-electron chi connectivity index (χ3n) is 4.40. The fraction of sp³-hybridized carbons (Fsp3) is 0.611. The van der Waals surface area contributed by atoms with Gasteiger partial charge in [0.15, 0.2) is 0 Å². The van der Waals surface area contributed by atoms with E-state index < -0.39 is 0 Å². The average molecular weight is 332 g/mol. The molecule has 6 nitrogen and oxygen atoms in total. The van der Waals surface area contributed by atoms with E-state index in [2.05, 4.69) is 34.4 Å². The minimum atomic E-state index is -0.0588. The number of piperidine rings is 1. The standard InChI is InChI=1S/C18H28N4O2/c1-14(2)22-12-4-3-5-16(22)18(24)20-11-8-17(23)21-13-15-6-9-19-10-7-15/h6-7,9-10,14,16H,3-5,8,11-13H2,1-2H3,(H,20,24)(H,21,23)/t16-/m0/s1. The van der Waals surface area contributed by atoms with Gasteiger partial charge in [0, 0.05) is 37.9 Å². The molecule has 1 fully saturated rings. The minimum Gasteiger partial charge on any atom is -0.354 e. The summed E-state index contributed by atoms with van der Waals surface area (Å²) in [7, 11) is 0. The third-order valence-corrected chi connectivity index (χ3v) is 4.40. The Bertz CT molecular complexity index is 533. The van der Waals surface area contributed by atoms with Crippen molar-refractivity contribution in [3.63, 3.8) is 0 Å². The van der Waals surface area contributed by atoms with E-state index in [1.165, 1.54) is 0 Å². The van der Waals surface area contributed by atoms with Crippen LogP contribution in [0.5, 0.6) is 0 Å². The van der Waals surface area contributed by atoms with Crippen LogP contribution in [0.3, 0.4) is 0 Å². The van der Waals surface area contributed by atoms with Crippen LogP contribution >= 0.6 is 0 Å². The highest BCUT2D eigenvalue weighted by Gasteiger charge is 2.29. The van der Waals surface area contributed by atoms with Crippen molar-refractivity contribution in [2.75, 3.05) is 13.1 Å². The zero-order valence-electron chi connectivity index (χ0n) is 14.6. The van der Waals surface area contributed by atoms with Crippen molar-refractivity contribution in [2.24, 2.45) is 0 Å². The van der Waals surface area contributed by atoms with Gasteiger partial charge in [0.05, 0.1) is 6.04 Å². The van der Waals surface area contributed by atoms with Crippen LogP contribution in [0, 0.1) is 0 Å². The Kier molecular flexibility index (Phi) is 7.18. The SMILES string of the molecule is CC(C)N1CCCC[C@H]1C(=O)NCCC(=O)NCc1ccncc1. The Morgan fingerprint density at radius 3 is 2.71 bits per heavy atom. The first kappa shape index (κ1) is 18.4. The van der Waals surface area contributed by atoms with Crippen LogP contribution in [0.15, 0.2) is 24.5 Å². The number of nitrogens with one attached hydrogen (secondary N) is 2. The molecule has 1 atom stereocenters. The van der Waals surface area contributed by atoms with E-state index in [-0.39, 0.29) is 17.9 Å². The van der Waals surface area contributed by atoms with E-state index in [0.29, 0.717) is 25.6 Å². The molecule has 24 heavy (non-hydrogen) atoms. The highest BCUT2D eigenvalue weighted by molar-refractivity contribution is 5.83. The van der Waals surface area contributed by atoms with Crippen LogP contribution in [0.4, 0.5) is 0 Å². The van der Waals surface area contributed by atoms with Gasteiger partial charge in [-0.25, -0.2) is 0 Å². The molecule has 1 aliphatic rings. The van der Waals surface area contributed by atoms with Gasteiger partial charge < -0.3 is 10.6 Å². The van der Waals surface area contributed by atoms with Crippen molar-refractivity contribution in [1.29, 1.82) is 0 Å². The highest BCUT2D eigenvalue weighted by atomic mass is 16.2. The van der Waals surface area contributed by atoms with Gasteiger partial charge in [0.25, 0.3) is 0 Å². The monoisotopic (exact) mass is 332 g/mol. The summed E-state index contributed by atoms with van der Waals surface area (Å²) in [5.41, 5.74) is 1.01. The van der Waals surface area contributed by atoms with E-state index >= 15 is 0 Å². The summed E-state index contributed by atoms with van der Waals surface area (Å²) in [6, 6.07) is 4.04. The molecule has 1 aromatic heterocycles. The van der Waals surface area contributed by atoms with Crippen molar-refractivity contribution in [3.8, 4) is 0 Å². The van der Waals surface area contributed by atoms with Gasteiger partial charge in [-0.1, -0.05) is 6.42 Å². The Hall–Kier alpha value is -1.95. The van der Waals surface area contributed by atoms with E-state index in [4.69, 9.17) is 0 Å². The van der Waals surface area contributed by atoms with E-state index in [1.54, 1.807) is 12.4 Å². The molecule has 0 spiro atoms. The molecule has 0 bridgehead atoms. The molecule has 2 rings (SSSR count). The summed E-state index contributed by atoms with van der Waals surface area (Å²) in [4.78, 5) is 30.4. The Morgan fingerprint density at radius 2 is 2.00 bits per heavy atom. The molecular formula is C18H28N4O2. The summed E-state index contributed by atoms with van der Waals surface area (Å²) >= 11 is 0. The zero-order valence-corrected chi connectivity index (χ0v) is 14.6. The number of rotatable bonds is 7. The number of likely N-dealkylation sites (tertiary alicyclic amines) is 1. The zero-order chi connectivity index (χ0) is 17.4. The van der Waals surface area contributed by atoms with Gasteiger partial charge in [-0.15, -0.1) is 0 Å². The van der Waals surface area contributed by atoms with Gasteiger partial charge in [-0.2, -0.15) is 0 Å². The van der Waals surface area contributed by atoms with Crippen LogP contribution in [0.2, 0.25) is 0 Å². The Morgan fingerprint density at radius 1 is 1.25 bits per heavy atom. The fourth-order valence-corrected chi connectivity index (χ4v) is 3.06. The molecule has 2 heterocycles. The highest BCUT2D eigenvalue weighted by Crippen LogP contribution is 2.19. The van der Waals surface area contributed by atoms with E-state index in [0.717, 1.165) is 31.4 Å². The predicted molar refractivity (Wildman–Crippen MR) is 93.2 cm³/mol. The Balaban J connectivity index is 1.68. The van der Waals surface area contributed by atoms with Gasteiger partial charge >= 0.3 is 0 Å². The van der Waals surface area contributed by atoms with Crippen molar-refractivity contribution < 1.29 is 9.59 Å². The molecule has 0 aromatic carbocycles. The number of amides is 2. The summed E-state index contributed by atoms with van der Waals surface area (Å²) in [5, 5.41) is 5.77. The second-order valence-electron chi connectivity index (χ2n) is 6.52. The second kappa shape index (κ2) is 9.37. The summed E-state index contributed by atoms with van der Waals surface area (Å²) in [6.45, 7) is 6.08. The van der Waals surface area contributed by atoms with Gasteiger partial charge in [-0.3, -0.25) is 19.5 Å². The number of aromatic nitrogens is 1. The number of nitrogens with zero attached hydrogens (tertiary/aromatic N) is 2. The third kappa shape index (κ3) is 5.60. The molecule has 1 saturated heterocycles. The molecule has 1 aromatic rings. The van der Waals surface area contributed by atoms with Crippen LogP contribution < -0.4 is 10.6 Å². The van der Waals surface area contributed by atoms with Crippen molar-refractivity contribution in [2.45, 2.75) is 58.2 Å².